The first-order valence-corrected chi connectivity index (χ1v) is 2.63. The zero-order valence-electron chi connectivity index (χ0n) is 5.69. The van der Waals surface area contributed by atoms with Gasteiger partial charge >= 0.3 is 5.97 Å². The van der Waals surface area contributed by atoms with Crippen molar-refractivity contribution in [2.45, 2.75) is 19.8 Å². The van der Waals surface area contributed by atoms with Gasteiger partial charge in [0.15, 0.2) is 0 Å². The van der Waals surface area contributed by atoms with Crippen LogP contribution in [0.2, 0.25) is 0 Å². The molecular formula is C6H8F2O2. The molecule has 1 N–H and O–H groups in total. The van der Waals surface area contributed by atoms with Crippen molar-refractivity contribution in [1.29, 1.82) is 0 Å². The summed E-state index contributed by atoms with van der Waals surface area (Å²) in [5, 5.41) is 8.14. The number of carboxylic acid groups (broad SMARTS) is 1. The second-order valence-corrected chi connectivity index (χ2v) is 2.09. The molecule has 58 valence electrons. The smallest absolute Gasteiger partial charge is 0.331 e. The quantitative estimate of drug-likeness (QED) is 0.608. The maximum absolute atomic E-state index is 12.0. The highest BCUT2D eigenvalue weighted by molar-refractivity contribution is 5.85. The highest BCUT2D eigenvalue weighted by atomic mass is 19.3. The van der Waals surface area contributed by atoms with Crippen LogP contribution in [0.15, 0.2) is 11.6 Å². The average molecular weight is 150 g/mol. The molecule has 0 atom stereocenters. The number of halogens is 2. The molecule has 0 aliphatic heterocycles. The molecule has 0 heterocycles. The zero-order valence-corrected chi connectivity index (χ0v) is 5.69. The van der Waals surface area contributed by atoms with Gasteiger partial charge in [0.2, 0.25) is 0 Å². The van der Waals surface area contributed by atoms with Crippen molar-refractivity contribution in [2.75, 3.05) is 0 Å². The van der Waals surface area contributed by atoms with Crippen LogP contribution in [-0.2, 0) is 4.79 Å². The monoisotopic (exact) mass is 150 g/mol. The fourth-order valence-electron chi connectivity index (χ4n) is 0.442. The number of allylic oxidation sites excluding steroid dienone is 1. The van der Waals surface area contributed by atoms with Gasteiger partial charge in [-0.25, -0.2) is 13.6 Å². The van der Waals surface area contributed by atoms with Gasteiger partial charge in [0.1, 0.15) is 0 Å². The minimum atomic E-state index is -3.04. The van der Waals surface area contributed by atoms with Crippen molar-refractivity contribution in [3.8, 4) is 0 Å². The van der Waals surface area contributed by atoms with Crippen LogP contribution >= 0.6 is 0 Å². The summed E-state index contributed by atoms with van der Waals surface area (Å²) in [4.78, 5) is 9.98. The lowest BCUT2D eigenvalue weighted by Gasteiger charge is -2.02. The first-order valence-electron chi connectivity index (χ1n) is 2.63. The molecule has 0 rings (SSSR count). The van der Waals surface area contributed by atoms with E-state index in [1.54, 1.807) is 0 Å². The van der Waals surface area contributed by atoms with Gasteiger partial charge < -0.3 is 5.11 Å². The molecule has 0 radical (unpaired) electrons. The summed E-state index contributed by atoms with van der Waals surface area (Å²) in [6.07, 6.45) is 0.412. The summed E-state index contributed by atoms with van der Waals surface area (Å²) >= 11 is 0. The Balaban J connectivity index is 4.32. The minimum absolute atomic E-state index is 0.340. The Labute approximate surface area is 57.2 Å². The SMILES string of the molecule is C/C(=C\C(C)(F)F)C(=O)O. The fourth-order valence-corrected chi connectivity index (χ4v) is 0.442. The van der Waals surface area contributed by atoms with Gasteiger partial charge in [0.25, 0.3) is 5.92 Å². The lowest BCUT2D eigenvalue weighted by Crippen LogP contribution is -2.08. The number of carboxylic acids is 1. The molecule has 0 aliphatic carbocycles. The lowest BCUT2D eigenvalue weighted by molar-refractivity contribution is -0.132. The molecule has 0 amide bonds. The second kappa shape index (κ2) is 2.77. The zero-order chi connectivity index (χ0) is 8.36. The van der Waals surface area contributed by atoms with Gasteiger partial charge in [-0.05, 0) is 13.0 Å². The van der Waals surface area contributed by atoms with Crippen LogP contribution in [0.4, 0.5) is 8.78 Å². The number of carbonyl (C=O) groups is 1. The molecule has 0 aliphatic rings. The van der Waals surface area contributed by atoms with Crippen molar-refractivity contribution in [3.63, 3.8) is 0 Å². The summed E-state index contributed by atoms with van der Waals surface area (Å²) < 4.78 is 24.0. The lowest BCUT2D eigenvalue weighted by atomic mass is 10.2. The first kappa shape index (κ1) is 9.07. The van der Waals surface area contributed by atoms with Crippen molar-refractivity contribution >= 4 is 5.97 Å². The highest BCUT2D eigenvalue weighted by Crippen LogP contribution is 2.15. The minimum Gasteiger partial charge on any atom is -0.478 e. The molecule has 4 heteroatoms. The molecule has 0 spiro atoms. The Morgan fingerprint density at radius 3 is 2.10 bits per heavy atom. The summed E-state index contributed by atoms with van der Waals surface area (Å²) in [6, 6.07) is 0. The van der Waals surface area contributed by atoms with E-state index in [9.17, 15) is 13.6 Å². The van der Waals surface area contributed by atoms with Crippen molar-refractivity contribution in [3.05, 3.63) is 11.6 Å². The van der Waals surface area contributed by atoms with E-state index in [0.717, 1.165) is 6.92 Å². The van der Waals surface area contributed by atoms with Crippen LogP contribution in [-0.4, -0.2) is 17.0 Å². The largest absolute Gasteiger partial charge is 0.478 e. The van der Waals surface area contributed by atoms with Crippen LogP contribution < -0.4 is 0 Å². The Morgan fingerprint density at radius 2 is 2.00 bits per heavy atom. The van der Waals surface area contributed by atoms with E-state index in [2.05, 4.69) is 0 Å². The predicted molar refractivity (Wildman–Crippen MR) is 32.0 cm³/mol. The molecule has 0 fully saturated rings. The molecule has 0 aromatic carbocycles. The average Bonchev–Trinajstić information content (AvgIpc) is 1.60. The van der Waals surface area contributed by atoms with Crippen LogP contribution in [0.3, 0.4) is 0 Å². The Hall–Kier alpha value is -0.930. The maximum atomic E-state index is 12.0. The number of rotatable bonds is 2. The highest BCUT2D eigenvalue weighted by Gasteiger charge is 2.18. The number of aliphatic carboxylic acids is 1. The third-order valence-electron chi connectivity index (χ3n) is 0.807. The van der Waals surface area contributed by atoms with Crippen molar-refractivity contribution < 1.29 is 18.7 Å². The fraction of sp³-hybridized carbons (Fsp3) is 0.500. The third-order valence-corrected chi connectivity index (χ3v) is 0.807. The van der Waals surface area contributed by atoms with E-state index in [0.29, 0.717) is 13.0 Å². The van der Waals surface area contributed by atoms with E-state index >= 15 is 0 Å². The Kier molecular flexibility index (Phi) is 2.51. The molecule has 0 bridgehead atoms. The normalized spacial score (nSPS) is 13.4. The van der Waals surface area contributed by atoms with Crippen LogP contribution in [0.25, 0.3) is 0 Å². The maximum Gasteiger partial charge on any atom is 0.331 e. The first-order chi connectivity index (χ1) is 4.33. The summed E-state index contributed by atoms with van der Waals surface area (Å²) in [5.74, 6) is -4.36. The standard InChI is InChI=1S/C6H8F2O2/c1-4(5(9)10)3-6(2,7)8/h3H,1-2H3,(H,9,10)/b4-3+. The van der Waals surface area contributed by atoms with E-state index in [1.165, 1.54) is 0 Å². The molecule has 0 aromatic rings. The van der Waals surface area contributed by atoms with Crippen LogP contribution in [0.5, 0.6) is 0 Å². The molecule has 0 saturated carbocycles. The van der Waals surface area contributed by atoms with E-state index in [4.69, 9.17) is 5.11 Å². The number of alkyl halides is 2. The summed E-state index contributed by atoms with van der Waals surface area (Å²) in [7, 11) is 0. The third kappa shape index (κ3) is 4.00. The van der Waals surface area contributed by atoms with Gasteiger partial charge in [-0.2, -0.15) is 0 Å². The summed E-state index contributed by atoms with van der Waals surface area (Å²) in [6.45, 7) is 1.76. The van der Waals surface area contributed by atoms with Gasteiger partial charge in [0, 0.05) is 12.5 Å². The summed E-state index contributed by atoms with van der Waals surface area (Å²) in [5.41, 5.74) is -0.340. The molecule has 0 saturated heterocycles. The van der Waals surface area contributed by atoms with E-state index < -0.39 is 11.9 Å². The molecular weight excluding hydrogens is 142 g/mol. The van der Waals surface area contributed by atoms with Crippen molar-refractivity contribution in [2.24, 2.45) is 0 Å². The Morgan fingerprint density at radius 1 is 1.60 bits per heavy atom. The van der Waals surface area contributed by atoms with Gasteiger partial charge in [-0.15, -0.1) is 0 Å². The molecule has 10 heavy (non-hydrogen) atoms. The van der Waals surface area contributed by atoms with E-state index in [-0.39, 0.29) is 5.57 Å². The second-order valence-electron chi connectivity index (χ2n) is 2.09. The van der Waals surface area contributed by atoms with Crippen LogP contribution in [0.1, 0.15) is 13.8 Å². The van der Waals surface area contributed by atoms with Gasteiger partial charge in [-0.1, -0.05) is 0 Å². The van der Waals surface area contributed by atoms with Crippen molar-refractivity contribution in [1.82, 2.24) is 0 Å². The molecule has 2 nitrogen and oxygen atoms in total. The van der Waals surface area contributed by atoms with Gasteiger partial charge in [0.05, 0.1) is 0 Å². The topological polar surface area (TPSA) is 37.3 Å². The van der Waals surface area contributed by atoms with Gasteiger partial charge in [-0.3, -0.25) is 0 Å². The van der Waals surface area contributed by atoms with Crippen LogP contribution in [0, 0.1) is 0 Å². The molecule has 0 unspecified atom stereocenters. The predicted octanol–water partition coefficient (Wildman–Crippen LogP) is 1.67. The Bertz CT molecular complexity index is 167. The van der Waals surface area contributed by atoms with E-state index in [1.807, 2.05) is 0 Å². The number of hydrogen-bond acceptors (Lipinski definition) is 1. The number of hydrogen-bond donors (Lipinski definition) is 1. The molecule has 0 aromatic heterocycles.